The van der Waals surface area contributed by atoms with Gasteiger partial charge in [-0.3, -0.25) is 4.68 Å². The van der Waals surface area contributed by atoms with Gasteiger partial charge in [0.25, 0.3) is 0 Å². The first-order valence-corrected chi connectivity index (χ1v) is 7.61. The minimum Gasteiger partial charge on any atom is -0.444 e. The number of rotatable bonds is 3. The van der Waals surface area contributed by atoms with Crippen molar-refractivity contribution in [1.82, 2.24) is 15.1 Å². The molecule has 22 heavy (non-hydrogen) atoms. The van der Waals surface area contributed by atoms with Crippen molar-refractivity contribution >= 4 is 11.9 Å². The SMILES string of the molecule is CC(C)NC(=O)O[C@H]1COC(c2cc(N)nn2C(C)(C)C)C1. The molecule has 1 unspecified atom stereocenters. The number of aromatic nitrogens is 2. The first-order valence-electron chi connectivity index (χ1n) is 7.61. The standard InChI is InChI=1S/C15H26N4O3/c1-9(2)17-14(20)22-10-6-12(21-8-10)11-7-13(16)18-19(11)15(3,4)5/h7,9-10,12H,6,8H2,1-5H3,(H2,16,18)(H,17,20)/t10-,12?/m1/s1. The number of hydrogen-bond acceptors (Lipinski definition) is 5. The Kier molecular flexibility index (Phi) is 4.65. The van der Waals surface area contributed by atoms with Gasteiger partial charge < -0.3 is 20.5 Å². The molecule has 1 aromatic rings. The summed E-state index contributed by atoms with van der Waals surface area (Å²) in [7, 11) is 0. The lowest BCUT2D eigenvalue weighted by molar-refractivity contribution is 0.0658. The van der Waals surface area contributed by atoms with Gasteiger partial charge in [-0.05, 0) is 34.6 Å². The second-order valence-corrected chi connectivity index (χ2v) is 6.96. The highest BCUT2D eigenvalue weighted by molar-refractivity contribution is 5.67. The van der Waals surface area contributed by atoms with Crippen LogP contribution in [-0.4, -0.2) is 34.6 Å². The summed E-state index contributed by atoms with van der Waals surface area (Å²) >= 11 is 0. The van der Waals surface area contributed by atoms with Crippen LogP contribution < -0.4 is 11.1 Å². The zero-order valence-electron chi connectivity index (χ0n) is 13.9. The van der Waals surface area contributed by atoms with Crippen LogP contribution in [-0.2, 0) is 15.0 Å². The third-order valence-corrected chi connectivity index (χ3v) is 3.36. The quantitative estimate of drug-likeness (QED) is 0.893. The van der Waals surface area contributed by atoms with E-state index in [1.54, 1.807) is 0 Å². The second-order valence-electron chi connectivity index (χ2n) is 6.96. The fraction of sp³-hybridized carbons (Fsp3) is 0.733. The van der Waals surface area contributed by atoms with E-state index in [0.717, 1.165) is 5.69 Å². The topological polar surface area (TPSA) is 91.4 Å². The third kappa shape index (κ3) is 3.91. The van der Waals surface area contributed by atoms with Crippen molar-refractivity contribution < 1.29 is 14.3 Å². The maximum Gasteiger partial charge on any atom is 0.407 e. The summed E-state index contributed by atoms with van der Waals surface area (Å²) < 4.78 is 13.0. The van der Waals surface area contributed by atoms with Crippen molar-refractivity contribution in [1.29, 1.82) is 0 Å². The maximum absolute atomic E-state index is 11.7. The lowest BCUT2D eigenvalue weighted by Gasteiger charge is -2.24. The summed E-state index contributed by atoms with van der Waals surface area (Å²) in [4.78, 5) is 11.7. The molecule has 0 saturated carbocycles. The lowest BCUT2D eigenvalue weighted by Crippen LogP contribution is -2.33. The molecular formula is C15H26N4O3. The molecule has 124 valence electrons. The van der Waals surface area contributed by atoms with E-state index >= 15 is 0 Å². The molecule has 0 radical (unpaired) electrons. The van der Waals surface area contributed by atoms with Crippen LogP contribution in [0.2, 0.25) is 0 Å². The second kappa shape index (κ2) is 6.16. The molecule has 0 bridgehead atoms. The van der Waals surface area contributed by atoms with E-state index in [2.05, 4.69) is 31.2 Å². The van der Waals surface area contributed by atoms with E-state index in [1.165, 1.54) is 0 Å². The van der Waals surface area contributed by atoms with Crippen molar-refractivity contribution in [3.05, 3.63) is 11.8 Å². The first kappa shape index (κ1) is 16.6. The maximum atomic E-state index is 11.7. The van der Waals surface area contributed by atoms with E-state index in [4.69, 9.17) is 15.2 Å². The Morgan fingerprint density at radius 1 is 1.55 bits per heavy atom. The Hall–Kier alpha value is -1.76. The van der Waals surface area contributed by atoms with Gasteiger partial charge in [0, 0.05) is 18.5 Å². The molecule has 7 heteroatoms. The molecule has 1 amide bonds. The Morgan fingerprint density at radius 3 is 2.82 bits per heavy atom. The van der Waals surface area contributed by atoms with Gasteiger partial charge >= 0.3 is 6.09 Å². The number of ether oxygens (including phenoxy) is 2. The molecule has 1 aliphatic rings. The Bertz CT molecular complexity index is 533. The smallest absolute Gasteiger partial charge is 0.407 e. The molecule has 0 aromatic carbocycles. The van der Waals surface area contributed by atoms with Crippen molar-refractivity contribution in [2.75, 3.05) is 12.3 Å². The summed E-state index contributed by atoms with van der Waals surface area (Å²) in [5.41, 5.74) is 6.56. The van der Waals surface area contributed by atoms with Gasteiger partial charge in [0.2, 0.25) is 0 Å². The minimum atomic E-state index is -0.409. The Morgan fingerprint density at radius 2 is 2.23 bits per heavy atom. The van der Waals surface area contributed by atoms with E-state index in [-0.39, 0.29) is 23.8 Å². The third-order valence-electron chi connectivity index (χ3n) is 3.36. The van der Waals surface area contributed by atoms with Crippen molar-refractivity contribution in [3.63, 3.8) is 0 Å². The van der Waals surface area contributed by atoms with Gasteiger partial charge in [-0.25, -0.2) is 4.79 Å². The molecule has 2 atom stereocenters. The highest BCUT2D eigenvalue weighted by Gasteiger charge is 2.34. The van der Waals surface area contributed by atoms with Crippen LogP contribution in [0, 0.1) is 0 Å². The van der Waals surface area contributed by atoms with Crippen molar-refractivity contribution in [3.8, 4) is 0 Å². The van der Waals surface area contributed by atoms with Gasteiger partial charge in [0.15, 0.2) is 0 Å². The zero-order valence-corrected chi connectivity index (χ0v) is 13.9. The molecule has 1 fully saturated rings. The van der Waals surface area contributed by atoms with Crippen LogP contribution in [0.3, 0.4) is 0 Å². The predicted octanol–water partition coefficient (Wildman–Crippen LogP) is 2.18. The first-order chi connectivity index (χ1) is 10.2. The molecule has 3 N–H and O–H groups in total. The number of alkyl carbamates (subject to hydrolysis) is 1. The number of nitrogen functional groups attached to an aromatic ring is 1. The fourth-order valence-corrected chi connectivity index (χ4v) is 2.49. The van der Waals surface area contributed by atoms with Gasteiger partial charge in [0.05, 0.1) is 17.8 Å². The van der Waals surface area contributed by atoms with Crippen LogP contribution in [0.5, 0.6) is 0 Å². The van der Waals surface area contributed by atoms with Gasteiger partial charge in [-0.1, -0.05) is 0 Å². The number of nitrogens with zero attached hydrogens (tertiary/aromatic N) is 2. The Labute approximate surface area is 131 Å². The lowest BCUT2D eigenvalue weighted by atomic mass is 10.1. The van der Waals surface area contributed by atoms with Crippen LogP contribution in [0.25, 0.3) is 0 Å². The number of nitrogens with two attached hydrogens (primary N) is 1. The number of carbonyl (C=O) groups is 1. The molecule has 1 aromatic heterocycles. The van der Waals surface area contributed by atoms with E-state index in [0.29, 0.717) is 18.8 Å². The molecule has 0 aliphatic carbocycles. The summed E-state index contributed by atoms with van der Waals surface area (Å²) in [6, 6.07) is 1.87. The van der Waals surface area contributed by atoms with E-state index < -0.39 is 6.09 Å². The number of carbonyl (C=O) groups excluding carboxylic acids is 1. The normalized spacial score (nSPS) is 22.1. The molecule has 2 heterocycles. The number of anilines is 1. The Balaban J connectivity index is 2.03. The number of hydrogen-bond donors (Lipinski definition) is 2. The average Bonchev–Trinajstić information content (AvgIpc) is 2.93. The number of amides is 1. The van der Waals surface area contributed by atoms with E-state index in [1.807, 2.05) is 24.6 Å². The van der Waals surface area contributed by atoms with Gasteiger partial charge in [0.1, 0.15) is 18.0 Å². The molecular weight excluding hydrogens is 284 g/mol. The average molecular weight is 310 g/mol. The fourth-order valence-electron chi connectivity index (χ4n) is 2.49. The van der Waals surface area contributed by atoms with Gasteiger partial charge in [-0.15, -0.1) is 0 Å². The van der Waals surface area contributed by atoms with Crippen LogP contribution in [0.1, 0.15) is 52.8 Å². The van der Waals surface area contributed by atoms with Crippen LogP contribution in [0.4, 0.5) is 10.6 Å². The summed E-state index contributed by atoms with van der Waals surface area (Å²) in [5.74, 6) is 0.468. The van der Waals surface area contributed by atoms with Gasteiger partial charge in [-0.2, -0.15) is 5.10 Å². The summed E-state index contributed by atoms with van der Waals surface area (Å²) in [5, 5.41) is 7.06. The largest absolute Gasteiger partial charge is 0.444 e. The monoisotopic (exact) mass is 310 g/mol. The molecule has 7 nitrogen and oxygen atoms in total. The zero-order chi connectivity index (χ0) is 16.5. The van der Waals surface area contributed by atoms with E-state index in [9.17, 15) is 4.79 Å². The van der Waals surface area contributed by atoms with Crippen LogP contribution in [0.15, 0.2) is 6.07 Å². The van der Waals surface area contributed by atoms with Crippen molar-refractivity contribution in [2.45, 2.75) is 64.8 Å². The highest BCUT2D eigenvalue weighted by Crippen LogP contribution is 2.33. The number of nitrogens with one attached hydrogen (secondary N) is 1. The van der Waals surface area contributed by atoms with Crippen molar-refractivity contribution in [2.24, 2.45) is 0 Å². The highest BCUT2D eigenvalue weighted by atomic mass is 16.6. The predicted molar refractivity (Wildman–Crippen MR) is 83.5 cm³/mol. The molecule has 0 spiro atoms. The van der Waals surface area contributed by atoms with Crippen LogP contribution >= 0.6 is 0 Å². The molecule has 1 aliphatic heterocycles. The summed E-state index contributed by atoms with van der Waals surface area (Å²) in [6.45, 7) is 10.3. The molecule has 2 rings (SSSR count). The molecule has 1 saturated heterocycles. The summed E-state index contributed by atoms with van der Waals surface area (Å²) in [6.07, 6.45) is -0.227. The minimum absolute atomic E-state index is 0.0488.